The van der Waals surface area contributed by atoms with Crippen LogP contribution in [0, 0.1) is 0 Å². The van der Waals surface area contributed by atoms with Crippen LogP contribution in [0.2, 0.25) is 0 Å². The molecule has 2 atom stereocenters. The molecule has 51 heavy (non-hydrogen) atoms. The number of phosphoric ester groups is 1. The first-order valence-corrected chi connectivity index (χ1v) is 21.2. The molecule has 0 spiro atoms. The van der Waals surface area contributed by atoms with Crippen molar-refractivity contribution in [3.8, 4) is 0 Å². The Morgan fingerprint density at radius 2 is 1.10 bits per heavy atom. The van der Waals surface area contributed by atoms with Crippen LogP contribution in [0.25, 0.3) is 0 Å². The molecule has 0 aromatic carbocycles. The van der Waals surface area contributed by atoms with Gasteiger partial charge in [0.1, 0.15) is 6.61 Å². The fourth-order valence-corrected chi connectivity index (χ4v) is 5.59. The lowest BCUT2D eigenvalue weighted by molar-refractivity contribution is -0.161. The molecular weight excluding hydrogens is 667 g/mol. The van der Waals surface area contributed by atoms with E-state index >= 15 is 0 Å². The number of rotatable bonds is 35. The van der Waals surface area contributed by atoms with Gasteiger partial charge in [-0.15, -0.1) is 0 Å². The van der Waals surface area contributed by atoms with Crippen molar-refractivity contribution in [2.75, 3.05) is 13.2 Å². The molecule has 0 aromatic heterocycles. The zero-order valence-corrected chi connectivity index (χ0v) is 32.7. The number of ether oxygens (including phenoxy) is 2. The molecule has 294 valence electrons. The lowest BCUT2D eigenvalue weighted by Crippen LogP contribution is -2.29. The molecule has 0 aliphatic rings. The maximum absolute atomic E-state index is 12.4. The molecule has 0 saturated carbocycles. The molecule has 10 heteroatoms. The van der Waals surface area contributed by atoms with Gasteiger partial charge in [-0.05, 0) is 44.9 Å². The first-order valence-electron chi connectivity index (χ1n) is 19.7. The van der Waals surface area contributed by atoms with Crippen molar-refractivity contribution >= 4 is 19.8 Å². The van der Waals surface area contributed by atoms with Crippen molar-refractivity contribution in [2.24, 2.45) is 0 Å². The molecule has 0 rings (SSSR count). The summed E-state index contributed by atoms with van der Waals surface area (Å²) in [5, 5.41) is 10.2. The number of hydrogen-bond donors (Lipinski definition) is 3. The van der Waals surface area contributed by atoms with E-state index in [0.717, 1.165) is 44.9 Å². The highest BCUT2D eigenvalue weighted by Gasteiger charge is 2.23. The Bertz CT molecular complexity index is 1030. The number of phosphoric acid groups is 1. The SMILES string of the molecule is CC/C=C\C/C=C\C/C=C\C/C=C\C=C\C(O)CCCC(=O)OC[C@H](COP(=O)(O)O)OC(=O)CCCCCCCCCCCCCCCCC. The summed E-state index contributed by atoms with van der Waals surface area (Å²) in [4.78, 5) is 42.8. The number of carbonyl (C=O) groups excluding carboxylic acids is 2. The summed E-state index contributed by atoms with van der Waals surface area (Å²) in [6.45, 7) is 3.39. The van der Waals surface area contributed by atoms with Crippen LogP contribution in [0.15, 0.2) is 60.8 Å². The Hall–Kier alpha value is -2.29. The molecule has 0 heterocycles. The Kier molecular flexibility index (Phi) is 34.5. The predicted octanol–water partition coefficient (Wildman–Crippen LogP) is 10.7. The van der Waals surface area contributed by atoms with Crippen molar-refractivity contribution in [3.63, 3.8) is 0 Å². The first-order chi connectivity index (χ1) is 24.7. The lowest BCUT2D eigenvalue weighted by atomic mass is 10.0. The van der Waals surface area contributed by atoms with Crippen LogP contribution in [0.5, 0.6) is 0 Å². The molecule has 1 unspecified atom stereocenters. The zero-order valence-electron chi connectivity index (χ0n) is 31.8. The standard InChI is InChI=1S/C41H71O9P/c1-3-5-7-9-11-13-15-17-18-20-22-24-26-28-30-34-41(44)50-39(37-49-51(45,46)47)36-48-40(43)35-31-33-38(42)32-29-27-25-23-21-19-16-14-12-10-8-6-4-2/h6,8,12,14,19,21,25,27,29,32,38-39,42H,3-5,7,9-11,13,15-18,20,22-24,26,28,30-31,33-37H2,1-2H3,(H2,45,46,47)/b8-6-,14-12-,21-19-,27-25-,32-29+/t38?,39-/m1/s1. The van der Waals surface area contributed by atoms with Crippen LogP contribution in [0.1, 0.15) is 162 Å². The molecule has 0 bridgehead atoms. The van der Waals surface area contributed by atoms with Crippen molar-refractivity contribution in [1.29, 1.82) is 0 Å². The van der Waals surface area contributed by atoms with Gasteiger partial charge in [-0.1, -0.05) is 164 Å². The van der Waals surface area contributed by atoms with Gasteiger partial charge in [0.05, 0.1) is 12.7 Å². The summed E-state index contributed by atoms with van der Waals surface area (Å²) >= 11 is 0. The van der Waals surface area contributed by atoms with E-state index in [1.165, 1.54) is 70.6 Å². The number of aliphatic hydroxyl groups is 1. The Morgan fingerprint density at radius 1 is 0.608 bits per heavy atom. The maximum atomic E-state index is 12.4. The second-order valence-electron chi connectivity index (χ2n) is 13.1. The largest absolute Gasteiger partial charge is 0.469 e. The van der Waals surface area contributed by atoms with Crippen molar-refractivity contribution in [2.45, 2.75) is 174 Å². The summed E-state index contributed by atoms with van der Waals surface area (Å²) in [6, 6.07) is 0. The molecule has 0 aliphatic carbocycles. The van der Waals surface area contributed by atoms with E-state index in [0.29, 0.717) is 19.3 Å². The quantitative estimate of drug-likeness (QED) is 0.0190. The number of unbranched alkanes of at least 4 members (excludes halogenated alkanes) is 14. The summed E-state index contributed by atoms with van der Waals surface area (Å²) in [7, 11) is -4.80. The number of allylic oxidation sites excluding steroid dienone is 9. The van der Waals surface area contributed by atoms with E-state index < -0.39 is 38.6 Å². The highest BCUT2D eigenvalue weighted by atomic mass is 31.2. The Balaban J connectivity index is 4.15. The third-order valence-corrected chi connectivity index (χ3v) is 8.64. The highest BCUT2D eigenvalue weighted by Crippen LogP contribution is 2.36. The lowest BCUT2D eigenvalue weighted by Gasteiger charge is -2.18. The van der Waals surface area contributed by atoms with E-state index in [1.807, 2.05) is 12.2 Å². The van der Waals surface area contributed by atoms with E-state index in [2.05, 4.69) is 54.8 Å². The molecule has 0 radical (unpaired) electrons. The maximum Gasteiger partial charge on any atom is 0.469 e. The smallest absolute Gasteiger partial charge is 0.462 e. The van der Waals surface area contributed by atoms with Gasteiger partial charge in [-0.3, -0.25) is 14.1 Å². The monoisotopic (exact) mass is 738 g/mol. The summed E-state index contributed by atoms with van der Waals surface area (Å²) in [6.07, 6.45) is 41.2. The molecule has 9 nitrogen and oxygen atoms in total. The topological polar surface area (TPSA) is 140 Å². The zero-order chi connectivity index (χ0) is 37.7. The van der Waals surface area contributed by atoms with Crippen molar-refractivity contribution < 1.29 is 43.0 Å². The minimum absolute atomic E-state index is 0.0357. The highest BCUT2D eigenvalue weighted by molar-refractivity contribution is 7.46. The van der Waals surface area contributed by atoms with Crippen molar-refractivity contribution in [1.82, 2.24) is 0 Å². The molecule has 0 fully saturated rings. The van der Waals surface area contributed by atoms with Crippen LogP contribution < -0.4 is 0 Å². The molecular formula is C41H71O9P. The minimum Gasteiger partial charge on any atom is -0.462 e. The van der Waals surface area contributed by atoms with Crippen LogP contribution in [-0.2, 0) is 28.2 Å². The molecule has 0 amide bonds. The Labute approximate surface area is 309 Å². The third-order valence-electron chi connectivity index (χ3n) is 8.15. The second-order valence-corrected chi connectivity index (χ2v) is 14.3. The van der Waals surface area contributed by atoms with E-state index in [-0.39, 0.29) is 19.4 Å². The molecule has 0 aliphatic heterocycles. The minimum atomic E-state index is -4.80. The average molecular weight is 739 g/mol. The molecule has 3 N–H and O–H groups in total. The van der Waals surface area contributed by atoms with Gasteiger partial charge < -0.3 is 24.4 Å². The van der Waals surface area contributed by atoms with E-state index in [9.17, 15) is 19.3 Å². The predicted molar refractivity (Wildman–Crippen MR) is 208 cm³/mol. The van der Waals surface area contributed by atoms with Crippen LogP contribution in [-0.4, -0.2) is 52.3 Å². The van der Waals surface area contributed by atoms with E-state index in [4.69, 9.17) is 19.3 Å². The number of esters is 2. The van der Waals surface area contributed by atoms with Gasteiger partial charge >= 0.3 is 19.8 Å². The van der Waals surface area contributed by atoms with Gasteiger partial charge in [0.25, 0.3) is 0 Å². The Morgan fingerprint density at radius 3 is 1.63 bits per heavy atom. The van der Waals surface area contributed by atoms with Crippen LogP contribution in [0.3, 0.4) is 0 Å². The summed E-state index contributed by atoms with van der Waals surface area (Å²) in [5.41, 5.74) is 0. The van der Waals surface area contributed by atoms with Crippen molar-refractivity contribution in [3.05, 3.63) is 60.8 Å². The second kappa shape index (κ2) is 36.1. The fraction of sp³-hybridized carbons (Fsp3) is 0.707. The van der Waals surface area contributed by atoms with Crippen LogP contribution in [0.4, 0.5) is 0 Å². The van der Waals surface area contributed by atoms with Crippen LogP contribution >= 0.6 is 7.82 Å². The number of aliphatic hydroxyl groups excluding tert-OH is 1. The van der Waals surface area contributed by atoms with E-state index in [1.54, 1.807) is 12.2 Å². The van der Waals surface area contributed by atoms with Gasteiger partial charge in [0, 0.05) is 12.8 Å². The normalized spacial score (nSPS) is 13.7. The van der Waals surface area contributed by atoms with Gasteiger partial charge in [-0.2, -0.15) is 0 Å². The molecule has 0 aromatic rings. The first kappa shape index (κ1) is 48.7. The van der Waals surface area contributed by atoms with Gasteiger partial charge in [-0.25, -0.2) is 4.57 Å². The third kappa shape index (κ3) is 38.8. The van der Waals surface area contributed by atoms with Gasteiger partial charge in [0.2, 0.25) is 0 Å². The fourth-order valence-electron chi connectivity index (χ4n) is 5.22. The summed E-state index contributed by atoms with van der Waals surface area (Å²) < 4.78 is 26.2. The number of carbonyl (C=O) groups is 2. The number of hydrogen-bond acceptors (Lipinski definition) is 7. The molecule has 0 saturated heterocycles. The summed E-state index contributed by atoms with van der Waals surface area (Å²) in [5.74, 6) is -1.09. The average Bonchev–Trinajstić information content (AvgIpc) is 3.09. The van der Waals surface area contributed by atoms with Gasteiger partial charge in [0.15, 0.2) is 6.10 Å².